The van der Waals surface area contributed by atoms with E-state index in [0.29, 0.717) is 6.54 Å². The number of anilines is 2. The summed E-state index contributed by atoms with van der Waals surface area (Å²) >= 11 is 1.74. The number of nitrogens with one attached hydrogen (secondary N) is 1. The molecule has 10 heteroatoms. The lowest BCUT2D eigenvalue weighted by Gasteiger charge is -2.26. The van der Waals surface area contributed by atoms with Crippen LogP contribution in [0.1, 0.15) is 36.1 Å². The molecule has 0 amide bonds. The third kappa shape index (κ3) is 4.64. The van der Waals surface area contributed by atoms with Crippen LogP contribution in [0, 0.1) is 5.82 Å². The number of aromatic nitrogens is 6. The zero-order valence-electron chi connectivity index (χ0n) is 23.3. The van der Waals surface area contributed by atoms with Crippen LogP contribution >= 0.6 is 11.3 Å². The standard InChI is InChI=1S/C32H31FN8S/c33-23-6-4-5-21(15-23)19-41-27-9-7-24(16-22(27)17-36-41)38-31-29-25-8-10-28-26(30(25)42-32(29)35-20-34-31)18-37-40(28)14-13-39-11-2-1-3-12-39/h4-7,9,15-18,20H,1-3,8,10-14,19H2,(H,34,35,38). The van der Waals surface area contributed by atoms with Gasteiger partial charge in [0.05, 0.1) is 36.4 Å². The minimum atomic E-state index is -0.236. The molecule has 1 N–H and O–H groups in total. The van der Waals surface area contributed by atoms with Crippen LogP contribution in [0.4, 0.5) is 15.9 Å². The summed E-state index contributed by atoms with van der Waals surface area (Å²) in [6, 6.07) is 12.8. The Morgan fingerprint density at radius 1 is 0.905 bits per heavy atom. The van der Waals surface area contributed by atoms with Crippen molar-refractivity contribution < 1.29 is 4.39 Å². The van der Waals surface area contributed by atoms with Gasteiger partial charge in [-0.05, 0) is 80.2 Å². The van der Waals surface area contributed by atoms with Crippen molar-refractivity contribution in [3.63, 3.8) is 0 Å². The molecular formula is C32H31FN8S. The molecule has 8 nitrogen and oxygen atoms in total. The molecule has 0 bridgehead atoms. The number of aryl methyl sites for hydroxylation is 1. The van der Waals surface area contributed by atoms with E-state index in [9.17, 15) is 4.39 Å². The van der Waals surface area contributed by atoms with Crippen LogP contribution in [0.25, 0.3) is 31.6 Å². The van der Waals surface area contributed by atoms with Crippen LogP contribution in [-0.4, -0.2) is 54.1 Å². The first-order valence-electron chi connectivity index (χ1n) is 14.7. The first-order chi connectivity index (χ1) is 20.7. The SMILES string of the molecule is Fc1cccc(Cn2ncc3cc(Nc4ncnc5sc6c(c45)CCc4c-6cnn4CCN4CCCCC4)ccc32)c1. The molecule has 2 aliphatic rings. The van der Waals surface area contributed by atoms with Gasteiger partial charge >= 0.3 is 0 Å². The van der Waals surface area contributed by atoms with E-state index in [2.05, 4.69) is 48.3 Å². The van der Waals surface area contributed by atoms with Crippen molar-refractivity contribution in [1.29, 1.82) is 0 Å². The molecule has 2 aromatic carbocycles. The molecule has 5 heterocycles. The van der Waals surface area contributed by atoms with E-state index in [1.165, 1.54) is 60.1 Å². The summed E-state index contributed by atoms with van der Waals surface area (Å²) in [5.74, 6) is 0.588. The Morgan fingerprint density at radius 3 is 2.71 bits per heavy atom. The maximum Gasteiger partial charge on any atom is 0.142 e. The molecule has 0 saturated carbocycles. The Morgan fingerprint density at radius 2 is 1.81 bits per heavy atom. The number of piperidine rings is 1. The molecule has 4 aromatic heterocycles. The molecule has 1 aliphatic heterocycles. The van der Waals surface area contributed by atoms with Gasteiger partial charge in [0.25, 0.3) is 0 Å². The second-order valence-electron chi connectivity index (χ2n) is 11.3. The van der Waals surface area contributed by atoms with Gasteiger partial charge < -0.3 is 10.2 Å². The van der Waals surface area contributed by atoms with Crippen molar-refractivity contribution >= 4 is 44.0 Å². The fourth-order valence-electron chi connectivity index (χ4n) is 6.50. The Hall–Kier alpha value is -4.15. The zero-order chi connectivity index (χ0) is 28.0. The predicted octanol–water partition coefficient (Wildman–Crippen LogP) is 6.42. The molecule has 0 atom stereocenters. The minimum absolute atomic E-state index is 0.236. The Kier molecular flexibility index (Phi) is 6.45. The van der Waals surface area contributed by atoms with E-state index in [4.69, 9.17) is 5.10 Å². The van der Waals surface area contributed by atoms with Gasteiger partial charge in [-0.2, -0.15) is 10.2 Å². The highest BCUT2D eigenvalue weighted by molar-refractivity contribution is 7.22. The lowest BCUT2D eigenvalue weighted by Crippen LogP contribution is -2.33. The fourth-order valence-corrected chi connectivity index (χ4v) is 7.72. The minimum Gasteiger partial charge on any atom is -0.340 e. The number of nitrogens with zero attached hydrogens (tertiary/aromatic N) is 7. The van der Waals surface area contributed by atoms with Crippen LogP contribution in [0.5, 0.6) is 0 Å². The first kappa shape index (κ1) is 25.6. The summed E-state index contributed by atoms with van der Waals surface area (Å²) < 4.78 is 17.8. The number of halogens is 1. The quantitative estimate of drug-likeness (QED) is 0.236. The van der Waals surface area contributed by atoms with E-state index < -0.39 is 0 Å². The molecule has 6 aromatic rings. The third-order valence-corrected chi connectivity index (χ3v) is 9.77. The average Bonchev–Trinajstić information content (AvgIpc) is 3.72. The molecule has 8 rings (SSSR count). The van der Waals surface area contributed by atoms with Crippen LogP contribution in [0.15, 0.2) is 61.2 Å². The summed E-state index contributed by atoms with van der Waals surface area (Å²) in [6.07, 6.45) is 11.5. The van der Waals surface area contributed by atoms with E-state index in [0.717, 1.165) is 64.1 Å². The average molecular weight is 579 g/mol. The zero-order valence-corrected chi connectivity index (χ0v) is 24.1. The number of hydrogen-bond acceptors (Lipinski definition) is 7. The highest BCUT2D eigenvalue weighted by Gasteiger charge is 2.27. The van der Waals surface area contributed by atoms with Gasteiger partial charge in [0, 0.05) is 33.8 Å². The molecule has 42 heavy (non-hydrogen) atoms. The van der Waals surface area contributed by atoms with Crippen molar-refractivity contribution in [2.24, 2.45) is 0 Å². The molecule has 212 valence electrons. The van der Waals surface area contributed by atoms with Crippen LogP contribution in [0.2, 0.25) is 0 Å². The topological polar surface area (TPSA) is 76.7 Å². The van der Waals surface area contributed by atoms with Crippen LogP contribution < -0.4 is 5.32 Å². The van der Waals surface area contributed by atoms with Crippen LogP contribution in [0.3, 0.4) is 0 Å². The Labute approximate surface area is 246 Å². The van der Waals surface area contributed by atoms with E-state index in [-0.39, 0.29) is 5.82 Å². The second kappa shape index (κ2) is 10.6. The Bertz CT molecular complexity index is 1910. The monoisotopic (exact) mass is 578 g/mol. The molecular weight excluding hydrogens is 547 g/mol. The van der Waals surface area contributed by atoms with Gasteiger partial charge in [-0.1, -0.05) is 18.6 Å². The molecule has 0 radical (unpaired) electrons. The molecule has 0 spiro atoms. The van der Waals surface area contributed by atoms with Gasteiger partial charge in [-0.3, -0.25) is 9.36 Å². The van der Waals surface area contributed by atoms with Gasteiger partial charge in [-0.25, -0.2) is 14.4 Å². The van der Waals surface area contributed by atoms with Gasteiger partial charge in [-0.15, -0.1) is 11.3 Å². The highest BCUT2D eigenvalue weighted by Crippen LogP contribution is 2.45. The molecule has 1 fully saturated rings. The molecule has 0 unspecified atom stereocenters. The number of rotatable bonds is 7. The smallest absolute Gasteiger partial charge is 0.142 e. The summed E-state index contributed by atoms with van der Waals surface area (Å²) in [4.78, 5) is 14.2. The number of fused-ring (bicyclic) bond motifs is 6. The van der Waals surface area contributed by atoms with Crippen molar-refractivity contribution in [2.45, 2.75) is 45.2 Å². The number of likely N-dealkylation sites (tertiary alicyclic amines) is 1. The fraction of sp³-hybridized carbons (Fsp3) is 0.312. The van der Waals surface area contributed by atoms with Crippen molar-refractivity contribution in [1.82, 2.24) is 34.4 Å². The van der Waals surface area contributed by atoms with Crippen molar-refractivity contribution in [3.8, 4) is 10.4 Å². The normalized spacial score (nSPS) is 15.3. The summed E-state index contributed by atoms with van der Waals surface area (Å²) in [5.41, 5.74) is 6.71. The number of hydrogen-bond donors (Lipinski definition) is 1. The lowest BCUT2D eigenvalue weighted by molar-refractivity contribution is 0.217. The van der Waals surface area contributed by atoms with Crippen LogP contribution in [-0.2, 0) is 25.9 Å². The lowest BCUT2D eigenvalue weighted by atomic mass is 9.95. The van der Waals surface area contributed by atoms with Gasteiger partial charge in [0.1, 0.15) is 22.8 Å². The second-order valence-corrected chi connectivity index (χ2v) is 12.3. The maximum atomic E-state index is 13.7. The first-order valence-corrected chi connectivity index (χ1v) is 15.5. The van der Waals surface area contributed by atoms with E-state index >= 15 is 0 Å². The largest absolute Gasteiger partial charge is 0.340 e. The van der Waals surface area contributed by atoms with Gasteiger partial charge in [0.15, 0.2) is 0 Å². The maximum absolute atomic E-state index is 13.7. The Balaban J connectivity index is 1.06. The van der Waals surface area contributed by atoms with Crippen molar-refractivity contribution in [3.05, 3.63) is 83.8 Å². The number of benzene rings is 2. The van der Waals surface area contributed by atoms with E-state index in [1.54, 1.807) is 29.8 Å². The van der Waals surface area contributed by atoms with Crippen molar-refractivity contribution in [2.75, 3.05) is 25.0 Å². The summed E-state index contributed by atoms with van der Waals surface area (Å²) in [6.45, 7) is 4.95. The van der Waals surface area contributed by atoms with Gasteiger partial charge in [0.2, 0.25) is 0 Å². The van der Waals surface area contributed by atoms with E-state index in [1.807, 2.05) is 23.0 Å². The molecule has 1 aliphatic carbocycles. The molecule has 1 saturated heterocycles. The summed E-state index contributed by atoms with van der Waals surface area (Å²) in [7, 11) is 0. The number of thiophene rings is 1. The predicted molar refractivity (Wildman–Crippen MR) is 165 cm³/mol. The summed E-state index contributed by atoms with van der Waals surface area (Å²) in [5, 5.41) is 15.1. The third-order valence-electron chi connectivity index (χ3n) is 8.59. The highest BCUT2D eigenvalue weighted by atomic mass is 32.1.